The van der Waals surface area contributed by atoms with Crippen LogP contribution < -0.4 is 5.32 Å². The van der Waals surface area contributed by atoms with E-state index in [-0.39, 0.29) is 36.9 Å². The van der Waals surface area contributed by atoms with E-state index in [9.17, 15) is 14.7 Å². The lowest BCUT2D eigenvalue weighted by Gasteiger charge is -2.53. The molecule has 6 heteroatoms. The third kappa shape index (κ3) is 2.70. The molecule has 2 aliphatic heterocycles. The van der Waals surface area contributed by atoms with E-state index in [4.69, 9.17) is 4.74 Å². The van der Waals surface area contributed by atoms with Crippen LogP contribution in [-0.4, -0.2) is 52.7 Å². The Kier molecular flexibility index (Phi) is 4.60. The van der Waals surface area contributed by atoms with Gasteiger partial charge in [-0.25, -0.2) is 0 Å². The third-order valence-electron chi connectivity index (χ3n) is 4.91. The van der Waals surface area contributed by atoms with Crippen LogP contribution in [-0.2, 0) is 14.3 Å². The van der Waals surface area contributed by atoms with Crippen LogP contribution in [0.2, 0.25) is 0 Å². The highest BCUT2D eigenvalue weighted by molar-refractivity contribution is 5.95. The van der Waals surface area contributed by atoms with E-state index in [1.807, 2.05) is 37.3 Å². The van der Waals surface area contributed by atoms with Gasteiger partial charge in [0, 0.05) is 12.6 Å². The zero-order valence-corrected chi connectivity index (χ0v) is 14.1. The lowest BCUT2D eigenvalue weighted by atomic mass is 9.74. The second-order valence-electron chi connectivity index (χ2n) is 6.35. The minimum Gasteiger partial charge on any atom is -0.466 e. The normalized spacial score (nSPS) is 31.5. The number of β-lactam (4-membered cyclic amide) rings is 1. The number of rotatable bonds is 7. The van der Waals surface area contributed by atoms with E-state index in [1.54, 1.807) is 11.8 Å². The van der Waals surface area contributed by atoms with Crippen molar-refractivity contribution in [2.45, 2.75) is 50.4 Å². The molecule has 6 nitrogen and oxygen atoms in total. The highest BCUT2D eigenvalue weighted by Crippen LogP contribution is 2.49. The number of carbonyl (C=O) groups excluding carboxylic acids is 2. The van der Waals surface area contributed by atoms with Gasteiger partial charge in [-0.2, -0.15) is 0 Å². The number of hydrogen-bond donors (Lipinski definition) is 2. The molecule has 130 valence electrons. The Morgan fingerprint density at radius 2 is 2.04 bits per heavy atom. The second kappa shape index (κ2) is 6.53. The van der Waals surface area contributed by atoms with Crippen LogP contribution in [0.25, 0.3) is 0 Å². The van der Waals surface area contributed by atoms with Gasteiger partial charge in [0.05, 0.1) is 25.1 Å². The maximum Gasteiger partial charge on any atom is 0.307 e. The molecule has 2 saturated heterocycles. The monoisotopic (exact) mass is 332 g/mol. The molecule has 1 aromatic rings. The van der Waals surface area contributed by atoms with Crippen LogP contribution in [0.15, 0.2) is 30.3 Å². The zero-order valence-electron chi connectivity index (χ0n) is 14.1. The summed E-state index contributed by atoms with van der Waals surface area (Å²) in [5, 5.41) is 14.3. The average molecular weight is 332 g/mol. The Morgan fingerprint density at radius 3 is 2.62 bits per heavy atom. The molecule has 0 radical (unpaired) electrons. The lowest BCUT2D eigenvalue weighted by Crippen LogP contribution is -2.72. The van der Waals surface area contributed by atoms with Crippen molar-refractivity contribution in [2.24, 2.45) is 0 Å². The standard InChI is InChI=1S/C18H24N2O4/c1-3-13-15(19-13)18(23)16(12-8-6-5-7-9-12)20(17(18)22)11-10-14(21)24-4-2/h5-9,13,15-16,19,23H,3-4,10-11H2,1-2H3/t13-,15+,16+,18+/m1/s1. The van der Waals surface area contributed by atoms with Crippen molar-refractivity contribution in [3.05, 3.63) is 35.9 Å². The second-order valence-corrected chi connectivity index (χ2v) is 6.35. The minimum atomic E-state index is -1.43. The van der Waals surface area contributed by atoms with Gasteiger partial charge in [0.1, 0.15) is 0 Å². The van der Waals surface area contributed by atoms with Crippen LogP contribution in [0.3, 0.4) is 0 Å². The minimum absolute atomic E-state index is 0.133. The van der Waals surface area contributed by atoms with Crippen molar-refractivity contribution < 1.29 is 19.4 Å². The number of benzene rings is 1. The number of nitrogens with zero attached hydrogens (tertiary/aromatic N) is 1. The Bertz CT molecular complexity index is 621. The van der Waals surface area contributed by atoms with E-state index in [1.165, 1.54) is 0 Å². The van der Waals surface area contributed by atoms with Crippen LogP contribution >= 0.6 is 0 Å². The summed E-state index contributed by atoms with van der Waals surface area (Å²) in [4.78, 5) is 25.9. The van der Waals surface area contributed by atoms with Crippen molar-refractivity contribution in [1.82, 2.24) is 10.2 Å². The molecule has 0 unspecified atom stereocenters. The third-order valence-corrected chi connectivity index (χ3v) is 4.91. The van der Waals surface area contributed by atoms with E-state index >= 15 is 0 Å². The Hall–Kier alpha value is -1.92. The summed E-state index contributed by atoms with van der Waals surface area (Å²) >= 11 is 0. The molecule has 2 fully saturated rings. The summed E-state index contributed by atoms with van der Waals surface area (Å²) in [5.74, 6) is -0.641. The summed E-state index contributed by atoms with van der Waals surface area (Å²) < 4.78 is 4.93. The molecule has 4 atom stereocenters. The van der Waals surface area contributed by atoms with Gasteiger partial charge < -0.3 is 20.1 Å². The first-order valence-corrected chi connectivity index (χ1v) is 8.54. The molecule has 2 N–H and O–H groups in total. The van der Waals surface area contributed by atoms with Crippen LogP contribution in [0.1, 0.15) is 38.3 Å². The number of nitrogens with one attached hydrogen (secondary N) is 1. The number of aliphatic hydroxyl groups is 1. The van der Waals surface area contributed by atoms with Crippen molar-refractivity contribution in [3.63, 3.8) is 0 Å². The first kappa shape index (κ1) is 16.9. The predicted octanol–water partition coefficient (Wildman–Crippen LogP) is 1.00. The van der Waals surface area contributed by atoms with E-state index in [0.717, 1.165) is 12.0 Å². The Morgan fingerprint density at radius 1 is 1.33 bits per heavy atom. The molecule has 24 heavy (non-hydrogen) atoms. The smallest absolute Gasteiger partial charge is 0.307 e. The first-order valence-electron chi connectivity index (χ1n) is 8.54. The van der Waals surface area contributed by atoms with Gasteiger partial charge in [-0.1, -0.05) is 37.3 Å². The molecule has 0 saturated carbocycles. The summed E-state index contributed by atoms with van der Waals surface area (Å²) in [7, 11) is 0. The summed E-state index contributed by atoms with van der Waals surface area (Å²) in [6.07, 6.45) is 0.999. The highest BCUT2D eigenvalue weighted by Gasteiger charge is 2.69. The fraction of sp³-hybridized carbons (Fsp3) is 0.556. The molecule has 2 heterocycles. The molecular formula is C18H24N2O4. The van der Waals surface area contributed by atoms with E-state index in [0.29, 0.717) is 6.61 Å². The number of carbonyl (C=O) groups is 2. The number of amides is 1. The topological polar surface area (TPSA) is 88.8 Å². The molecule has 1 amide bonds. The number of esters is 1. The van der Waals surface area contributed by atoms with Crippen LogP contribution in [0.5, 0.6) is 0 Å². The Labute approximate surface area is 141 Å². The van der Waals surface area contributed by atoms with Crippen LogP contribution in [0.4, 0.5) is 0 Å². The van der Waals surface area contributed by atoms with Gasteiger partial charge in [-0.3, -0.25) is 9.59 Å². The van der Waals surface area contributed by atoms with Gasteiger partial charge in [-0.05, 0) is 18.9 Å². The molecule has 2 aliphatic rings. The van der Waals surface area contributed by atoms with E-state index < -0.39 is 11.6 Å². The number of likely N-dealkylation sites (tertiary alicyclic amines) is 1. The van der Waals surface area contributed by atoms with Crippen LogP contribution in [0, 0.1) is 0 Å². The predicted molar refractivity (Wildman–Crippen MR) is 88.1 cm³/mol. The van der Waals surface area contributed by atoms with Gasteiger partial charge >= 0.3 is 5.97 Å². The maximum absolute atomic E-state index is 12.7. The zero-order chi connectivity index (χ0) is 17.3. The highest BCUT2D eigenvalue weighted by atomic mass is 16.5. The molecule has 0 aromatic heterocycles. The van der Waals surface area contributed by atoms with Gasteiger partial charge in [0.2, 0.25) is 0 Å². The Balaban J connectivity index is 1.79. The molecule has 0 spiro atoms. The van der Waals surface area contributed by atoms with Crippen molar-refractivity contribution in [2.75, 3.05) is 13.2 Å². The van der Waals surface area contributed by atoms with Gasteiger partial charge in [-0.15, -0.1) is 0 Å². The SMILES string of the molecule is CCOC(=O)CCN1C(=O)[C@](O)([C@H]2N[C@@H]2CC)[C@@H]1c1ccccc1. The quantitative estimate of drug-likeness (QED) is 0.442. The average Bonchev–Trinajstić information content (AvgIpc) is 3.38. The first-order chi connectivity index (χ1) is 11.5. The molecule has 3 rings (SSSR count). The van der Waals surface area contributed by atoms with Gasteiger partial charge in [0.15, 0.2) is 5.60 Å². The molecule has 0 aliphatic carbocycles. The molecular weight excluding hydrogens is 308 g/mol. The number of hydrogen-bond acceptors (Lipinski definition) is 5. The van der Waals surface area contributed by atoms with Crippen molar-refractivity contribution in [3.8, 4) is 0 Å². The molecule has 0 bridgehead atoms. The molecule has 1 aromatic carbocycles. The number of ether oxygens (including phenoxy) is 1. The summed E-state index contributed by atoms with van der Waals surface area (Å²) in [6, 6.07) is 8.99. The maximum atomic E-state index is 12.7. The van der Waals surface area contributed by atoms with E-state index in [2.05, 4.69) is 5.32 Å². The largest absolute Gasteiger partial charge is 0.466 e. The van der Waals surface area contributed by atoms with Crippen molar-refractivity contribution >= 4 is 11.9 Å². The summed E-state index contributed by atoms with van der Waals surface area (Å²) in [6.45, 7) is 4.36. The van der Waals surface area contributed by atoms with Crippen molar-refractivity contribution in [1.29, 1.82) is 0 Å². The lowest BCUT2D eigenvalue weighted by molar-refractivity contribution is -0.194. The fourth-order valence-corrected chi connectivity index (χ4v) is 3.65. The summed E-state index contributed by atoms with van der Waals surface area (Å²) in [5.41, 5.74) is -0.552. The van der Waals surface area contributed by atoms with Gasteiger partial charge in [0.25, 0.3) is 5.91 Å². The fourth-order valence-electron chi connectivity index (χ4n) is 3.65.